The van der Waals surface area contributed by atoms with Crippen molar-refractivity contribution in [2.75, 3.05) is 30.4 Å². The second kappa shape index (κ2) is 7.11. The molecule has 5 nitrogen and oxygen atoms in total. The molecule has 1 fully saturated rings. The zero-order chi connectivity index (χ0) is 18.1. The van der Waals surface area contributed by atoms with Gasteiger partial charge in [-0.15, -0.1) is 11.3 Å². The van der Waals surface area contributed by atoms with E-state index < -0.39 is 0 Å². The lowest BCUT2D eigenvalue weighted by atomic mass is 10.0. The number of fused-ring (bicyclic) bond motifs is 1. The van der Waals surface area contributed by atoms with Gasteiger partial charge < -0.3 is 15.0 Å². The first kappa shape index (κ1) is 17.1. The third-order valence-electron chi connectivity index (χ3n) is 4.97. The molecule has 1 aromatic carbocycles. The maximum atomic E-state index is 5.45. The number of thiophene rings is 1. The lowest BCUT2D eigenvalue weighted by Crippen LogP contribution is -2.39. The number of nitrogens with one attached hydrogen (secondary N) is 1. The van der Waals surface area contributed by atoms with Crippen LogP contribution in [0, 0.1) is 13.8 Å². The van der Waals surface area contributed by atoms with Gasteiger partial charge in [0.15, 0.2) is 0 Å². The van der Waals surface area contributed by atoms with E-state index in [0.717, 1.165) is 53.8 Å². The summed E-state index contributed by atoms with van der Waals surface area (Å²) < 4.78 is 5.45. The molecule has 0 atom stereocenters. The Kier molecular flexibility index (Phi) is 4.68. The molecule has 0 aliphatic carbocycles. The van der Waals surface area contributed by atoms with Crippen LogP contribution in [0.5, 0.6) is 5.75 Å². The summed E-state index contributed by atoms with van der Waals surface area (Å²) in [6, 6.07) is 8.57. The molecule has 3 aromatic rings. The Morgan fingerprint density at radius 3 is 2.69 bits per heavy atom. The highest BCUT2D eigenvalue weighted by atomic mass is 32.1. The van der Waals surface area contributed by atoms with E-state index in [1.165, 1.54) is 10.9 Å². The number of anilines is 2. The standard InChI is InChI=1S/C20H24N4OS/c1-13-12-26-20-18(13)19(21-14(2)22-20)24-10-8-15(9-11-24)23-16-6-4-5-7-17(16)25-3/h4-7,12,15,23H,8-11H2,1-3H3. The van der Waals surface area contributed by atoms with Gasteiger partial charge in [-0.05, 0) is 49.8 Å². The second-order valence-corrected chi connectivity index (χ2v) is 7.66. The molecule has 3 heterocycles. The fourth-order valence-electron chi connectivity index (χ4n) is 3.61. The van der Waals surface area contributed by atoms with Gasteiger partial charge in [-0.25, -0.2) is 9.97 Å². The van der Waals surface area contributed by atoms with E-state index in [2.05, 4.69) is 33.6 Å². The van der Waals surface area contributed by atoms with Crippen LogP contribution in [0.1, 0.15) is 24.2 Å². The topological polar surface area (TPSA) is 50.3 Å². The number of ether oxygens (including phenoxy) is 1. The van der Waals surface area contributed by atoms with Crippen molar-refractivity contribution in [2.24, 2.45) is 0 Å². The van der Waals surface area contributed by atoms with Crippen LogP contribution in [-0.2, 0) is 0 Å². The Morgan fingerprint density at radius 2 is 1.92 bits per heavy atom. The number of benzene rings is 1. The van der Waals surface area contributed by atoms with Crippen LogP contribution >= 0.6 is 11.3 Å². The molecule has 2 aromatic heterocycles. The Bertz CT molecular complexity index is 915. The fraction of sp³-hybridized carbons (Fsp3) is 0.400. The van der Waals surface area contributed by atoms with Gasteiger partial charge in [0, 0.05) is 19.1 Å². The number of nitrogens with zero attached hydrogens (tertiary/aromatic N) is 3. The summed E-state index contributed by atoms with van der Waals surface area (Å²) >= 11 is 1.71. The van der Waals surface area contributed by atoms with Crippen molar-refractivity contribution in [1.82, 2.24) is 9.97 Å². The Morgan fingerprint density at radius 1 is 1.15 bits per heavy atom. The minimum absolute atomic E-state index is 0.449. The number of rotatable bonds is 4. The molecule has 0 saturated carbocycles. The second-order valence-electron chi connectivity index (χ2n) is 6.80. The molecule has 0 unspecified atom stereocenters. The molecule has 136 valence electrons. The smallest absolute Gasteiger partial charge is 0.141 e. The van der Waals surface area contributed by atoms with Crippen molar-refractivity contribution in [2.45, 2.75) is 32.7 Å². The summed E-state index contributed by atoms with van der Waals surface area (Å²) in [5.41, 5.74) is 2.34. The number of aryl methyl sites for hydroxylation is 2. The lowest BCUT2D eigenvalue weighted by molar-refractivity contribution is 0.415. The molecule has 6 heteroatoms. The van der Waals surface area contributed by atoms with Crippen molar-refractivity contribution in [3.63, 3.8) is 0 Å². The minimum atomic E-state index is 0.449. The summed E-state index contributed by atoms with van der Waals surface area (Å²) in [7, 11) is 1.72. The average molecular weight is 369 g/mol. The van der Waals surface area contributed by atoms with Gasteiger partial charge in [-0.3, -0.25) is 0 Å². The highest BCUT2D eigenvalue weighted by Gasteiger charge is 2.23. The van der Waals surface area contributed by atoms with Gasteiger partial charge >= 0.3 is 0 Å². The molecule has 0 amide bonds. The average Bonchev–Trinajstić information content (AvgIpc) is 3.03. The quantitative estimate of drug-likeness (QED) is 0.740. The van der Waals surface area contributed by atoms with Crippen molar-refractivity contribution in [3.8, 4) is 5.75 Å². The Hall–Kier alpha value is -2.34. The molecular formula is C20H24N4OS. The summed E-state index contributed by atoms with van der Waals surface area (Å²) in [4.78, 5) is 12.9. The Balaban J connectivity index is 1.50. The SMILES string of the molecule is COc1ccccc1NC1CCN(c2nc(C)nc3scc(C)c23)CC1. The lowest BCUT2D eigenvalue weighted by Gasteiger charge is -2.34. The maximum absolute atomic E-state index is 5.45. The summed E-state index contributed by atoms with van der Waals surface area (Å²) in [5, 5.41) is 7.04. The first-order valence-electron chi connectivity index (χ1n) is 9.02. The molecule has 0 spiro atoms. The maximum Gasteiger partial charge on any atom is 0.141 e. The molecule has 26 heavy (non-hydrogen) atoms. The molecule has 1 saturated heterocycles. The van der Waals surface area contributed by atoms with Gasteiger partial charge in [0.2, 0.25) is 0 Å². The third kappa shape index (κ3) is 3.21. The van der Waals surface area contributed by atoms with Crippen molar-refractivity contribution in [1.29, 1.82) is 0 Å². The minimum Gasteiger partial charge on any atom is -0.495 e. The van der Waals surface area contributed by atoms with E-state index in [4.69, 9.17) is 9.72 Å². The van der Waals surface area contributed by atoms with E-state index in [0.29, 0.717) is 6.04 Å². The molecule has 1 aliphatic rings. The van der Waals surface area contributed by atoms with Crippen LogP contribution < -0.4 is 15.0 Å². The van der Waals surface area contributed by atoms with Crippen LogP contribution in [-0.4, -0.2) is 36.2 Å². The number of piperidine rings is 1. The number of aromatic nitrogens is 2. The Labute approximate surface area is 158 Å². The van der Waals surface area contributed by atoms with Gasteiger partial charge in [-0.1, -0.05) is 12.1 Å². The number of hydrogen-bond donors (Lipinski definition) is 1. The zero-order valence-corrected chi connectivity index (χ0v) is 16.3. The summed E-state index contributed by atoms with van der Waals surface area (Å²) in [6.07, 6.45) is 2.15. The van der Waals surface area contributed by atoms with Crippen molar-refractivity contribution < 1.29 is 4.74 Å². The monoisotopic (exact) mass is 368 g/mol. The van der Waals surface area contributed by atoms with Crippen LogP contribution in [0.2, 0.25) is 0 Å². The predicted octanol–water partition coefficient (Wildman–Crippen LogP) is 4.40. The van der Waals surface area contributed by atoms with E-state index in [9.17, 15) is 0 Å². The largest absolute Gasteiger partial charge is 0.495 e. The normalized spacial score (nSPS) is 15.4. The van der Waals surface area contributed by atoms with Crippen LogP contribution in [0.25, 0.3) is 10.2 Å². The zero-order valence-electron chi connectivity index (χ0n) is 15.5. The van der Waals surface area contributed by atoms with Crippen molar-refractivity contribution in [3.05, 3.63) is 41.0 Å². The van der Waals surface area contributed by atoms with Crippen LogP contribution in [0.4, 0.5) is 11.5 Å². The third-order valence-corrected chi connectivity index (χ3v) is 5.96. The van der Waals surface area contributed by atoms with E-state index >= 15 is 0 Å². The molecule has 0 bridgehead atoms. The van der Waals surface area contributed by atoms with E-state index in [1.807, 2.05) is 25.1 Å². The van der Waals surface area contributed by atoms with E-state index in [1.54, 1.807) is 18.4 Å². The molecule has 4 rings (SSSR count). The first-order chi connectivity index (χ1) is 12.7. The van der Waals surface area contributed by atoms with Gasteiger partial charge in [0.05, 0.1) is 18.2 Å². The molecular weight excluding hydrogens is 344 g/mol. The summed E-state index contributed by atoms with van der Waals surface area (Å²) in [5.74, 6) is 2.85. The van der Waals surface area contributed by atoms with Gasteiger partial charge in [0.1, 0.15) is 22.2 Å². The van der Waals surface area contributed by atoms with Crippen LogP contribution in [0.15, 0.2) is 29.6 Å². The highest BCUT2D eigenvalue weighted by molar-refractivity contribution is 7.17. The number of hydrogen-bond acceptors (Lipinski definition) is 6. The predicted molar refractivity (Wildman–Crippen MR) is 109 cm³/mol. The summed E-state index contributed by atoms with van der Waals surface area (Å²) in [6.45, 7) is 6.12. The number of para-hydroxylation sites is 2. The molecule has 0 radical (unpaired) electrons. The van der Waals surface area contributed by atoms with Gasteiger partial charge in [0.25, 0.3) is 0 Å². The molecule has 1 N–H and O–H groups in total. The van der Waals surface area contributed by atoms with Gasteiger partial charge in [-0.2, -0.15) is 0 Å². The number of methoxy groups -OCH3 is 1. The first-order valence-corrected chi connectivity index (χ1v) is 9.90. The highest BCUT2D eigenvalue weighted by Crippen LogP contribution is 2.33. The molecule has 1 aliphatic heterocycles. The van der Waals surface area contributed by atoms with E-state index in [-0.39, 0.29) is 0 Å². The van der Waals surface area contributed by atoms with Crippen molar-refractivity contribution >= 4 is 33.1 Å². The fourth-order valence-corrected chi connectivity index (χ4v) is 4.58. The van der Waals surface area contributed by atoms with Crippen LogP contribution in [0.3, 0.4) is 0 Å².